The molecule has 2 heteroatoms. The predicted octanol–water partition coefficient (Wildman–Crippen LogP) is 4.80. The first-order valence-electron chi connectivity index (χ1n) is 7.14. The van der Waals surface area contributed by atoms with Crippen molar-refractivity contribution in [2.75, 3.05) is 0 Å². The molecule has 0 bridgehead atoms. The average molecular weight is 252 g/mol. The van der Waals surface area contributed by atoms with Gasteiger partial charge in [-0.2, -0.15) is 0 Å². The van der Waals surface area contributed by atoms with Gasteiger partial charge in [0.25, 0.3) is 0 Å². The zero-order valence-corrected chi connectivity index (χ0v) is 12.2. The molecule has 0 amide bonds. The van der Waals surface area contributed by atoms with E-state index in [0.29, 0.717) is 0 Å². The molecule has 18 heavy (non-hydrogen) atoms. The van der Waals surface area contributed by atoms with Crippen molar-refractivity contribution in [2.45, 2.75) is 71.8 Å². The molecule has 0 N–H and O–H groups in total. The lowest BCUT2D eigenvalue weighted by atomic mass is 10.1. The summed E-state index contributed by atoms with van der Waals surface area (Å²) >= 11 is 0. The van der Waals surface area contributed by atoms with E-state index < -0.39 is 0 Å². The second-order valence-electron chi connectivity index (χ2n) is 4.58. The van der Waals surface area contributed by atoms with E-state index in [-0.39, 0.29) is 12.1 Å². The highest BCUT2D eigenvalue weighted by atomic mass is 16.5. The van der Waals surface area contributed by atoms with Gasteiger partial charge in [-0.25, -0.2) is 0 Å². The second-order valence-corrected chi connectivity index (χ2v) is 4.58. The number of unbranched alkanes of at least 4 members (excludes halogenated alkanes) is 2. The summed E-state index contributed by atoms with van der Waals surface area (Å²) in [5.74, 6) is -0.153. The van der Waals surface area contributed by atoms with Crippen LogP contribution >= 0.6 is 0 Å². The third-order valence-corrected chi connectivity index (χ3v) is 2.78. The van der Waals surface area contributed by atoms with E-state index in [1.54, 1.807) is 0 Å². The minimum Gasteiger partial charge on any atom is -0.463 e. The van der Waals surface area contributed by atoms with Gasteiger partial charge in [-0.05, 0) is 39.0 Å². The summed E-state index contributed by atoms with van der Waals surface area (Å²) in [4.78, 5) is 11.0. The molecule has 0 fully saturated rings. The van der Waals surface area contributed by atoms with Crippen LogP contribution in [0, 0.1) is 0 Å². The maximum absolute atomic E-state index is 11.0. The van der Waals surface area contributed by atoms with Crippen LogP contribution in [-0.2, 0) is 9.53 Å². The fourth-order valence-corrected chi connectivity index (χ4v) is 1.82. The smallest absolute Gasteiger partial charge is 0.302 e. The lowest BCUT2D eigenvalue weighted by Gasteiger charge is -2.16. The number of carbonyl (C=O) groups is 1. The van der Waals surface area contributed by atoms with E-state index in [9.17, 15) is 4.79 Å². The van der Waals surface area contributed by atoms with Crippen LogP contribution in [-0.4, -0.2) is 12.1 Å². The quantitative estimate of drug-likeness (QED) is 0.317. The molecule has 0 aromatic heterocycles. The van der Waals surface area contributed by atoms with Crippen LogP contribution in [0.4, 0.5) is 0 Å². The highest BCUT2D eigenvalue weighted by Gasteiger charge is 2.10. The maximum atomic E-state index is 11.0. The number of allylic oxidation sites excluding steroid dienone is 4. The molecule has 0 radical (unpaired) electrons. The normalized spacial score (nSPS) is 13.3. The standard InChI is InChI=1S/C16H28O2/c1-4-6-8-9-10-11-12-14-16(13-7-5-2)18-15(3)17/h4,6,9-10,16H,5,7-8,11-14H2,1-3H3/b6-4?,10-9-. The molecule has 0 aromatic rings. The van der Waals surface area contributed by atoms with Gasteiger partial charge in [0.15, 0.2) is 0 Å². The van der Waals surface area contributed by atoms with E-state index in [0.717, 1.165) is 44.9 Å². The number of hydrogen-bond donors (Lipinski definition) is 0. The van der Waals surface area contributed by atoms with Crippen LogP contribution in [0.1, 0.15) is 65.7 Å². The maximum Gasteiger partial charge on any atom is 0.302 e. The molecule has 0 aliphatic heterocycles. The SMILES string of the molecule is CC=CC/C=C\CCCC(CCCC)OC(C)=O. The zero-order valence-electron chi connectivity index (χ0n) is 12.2. The third kappa shape index (κ3) is 11.4. The fourth-order valence-electron chi connectivity index (χ4n) is 1.82. The highest BCUT2D eigenvalue weighted by molar-refractivity contribution is 5.66. The van der Waals surface area contributed by atoms with Gasteiger partial charge in [0.05, 0.1) is 0 Å². The van der Waals surface area contributed by atoms with Crippen molar-refractivity contribution < 1.29 is 9.53 Å². The van der Waals surface area contributed by atoms with Gasteiger partial charge in [0, 0.05) is 6.92 Å². The zero-order chi connectivity index (χ0) is 13.6. The lowest BCUT2D eigenvalue weighted by molar-refractivity contribution is -0.147. The molecule has 1 atom stereocenters. The van der Waals surface area contributed by atoms with Gasteiger partial charge >= 0.3 is 5.97 Å². The van der Waals surface area contributed by atoms with Crippen molar-refractivity contribution in [2.24, 2.45) is 0 Å². The molecule has 104 valence electrons. The predicted molar refractivity (Wildman–Crippen MR) is 77.5 cm³/mol. The molecule has 0 rings (SSSR count). The van der Waals surface area contributed by atoms with Gasteiger partial charge < -0.3 is 4.74 Å². The average Bonchev–Trinajstić information content (AvgIpc) is 2.34. The van der Waals surface area contributed by atoms with Gasteiger partial charge in [-0.1, -0.05) is 44.1 Å². The molecule has 2 nitrogen and oxygen atoms in total. The van der Waals surface area contributed by atoms with Crippen molar-refractivity contribution >= 4 is 5.97 Å². The van der Waals surface area contributed by atoms with Crippen molar-refractivity contribution in [3.63, 3.8) is 0 Å². The van der Waals surface area contributed by atoms with E-state index in [1.807, 2.05) is 6.92 Å². The molecule has 0 heterocycles. The molecule has 0 saturated carbocycles. The van der Waals surface area contributed by atoms with Gasteiger partial charge in [0.2, 0.25) is 0 Å². The summed E-state index contributed by atoms with van der Waals surface area (Å²) in [6.45, 7) is 5.69. The second kappa shape index (κ2) is 12.4. The monoisotopic (exact) mass is 252 g/mol. The van der Waals surface area contributed by atoms with Crippen molar-refractivity contribution in [1.82, 2.24) is 0 Å². The lowest BCUT2D eigenvalue weighted by Crippen LogP contribution is -2.16. The van der Waals surface area contributed by atoms with Crippen LogP contribution in [0.3, 0.4) is 0 Å². The molecular formula is C16H28O2. The first-order chi connectivity index (χ1) is 8.70. The van der Waals surface area contributed by atoms with Crippen LogP contribution in [0.5, 0.6) is 0 Å². The van der Waals surface area contributed by atoms with Gasteiger partial charge in [0.1, 0.15) is 6.10 Å². The van der Waals surface area contributed by atoms with E-state index in [1.165, 1.54) is 6.92 Å². The number of esters is 1. The summed E-state index contributed by atoms with van der Waals surface area (Å²) in [5.41, 5.74) is 0. The van der Waals surface area contributed by atoms with Crippen LogP contribution in [0.15, 0.2) is 24.3 Å². The number of carbonyl (C=O) groups excluding carboxylic acids is 1. The number of hydrogen-bond acceptors (Lipinski definition) is 2. The highest BCUT2D eigenvalue weighted by Crippen LogP contribution is 2.13. The number of rotatable bonds is 10. The topological polar surface area (TPSA) is 26.3 Å². The summed E-state index contributed by atoms with van der Waals surface area (Å²) < 4.78 is 5.32. The Morgan fingerprint density at radius 2 is 1.89 bits per heavy atom. The minimum atomic E-state index is -0.153. The van der Waals surface area contributed by atoms with E-state index >= 15 is 0 Å². The molecule has 0 saturated heterocycles. The Kier molecular flexibility index (Phi) is 11.7. The molecule has 0 aliphatic carbocycles. The minimum absolute atomic E-state index is 0.117. The summed E-state index contributed by atoms with van der Waals surface area (Å²) in [6, 6.07) is 0. The van der Waals surface area contributed by atoms with Crippen molar-refractivity contribution in [3.05, 3.63) is 24.3 Å². The first kappa shape index (κ1) is 16.9. The third-order valence-electron chi connectivity index (χ3n) is 2.78. The Morgan fingerprint density at radius 1 is 1.17 bits per heavy atom. The summed E-state index contributed by atoms with van der Waals surface area (Å²) in [7, 11) is 0. The molecular weight excluding hydrogens is 224 g/mol. The van der Waals surface area contributed by atoms with Crippen LogP contribution < -0.4 is 0 Å². The molecule has 1 unspecified atom stereocenters. The Labute approximate surface area is 112 Å². The van der Waals surface area contributed by atoms with Gasteiger partial charge in [-0.3, -0.25) is 4.79 Å². The Hall–Kier alpha value is -1.05. The first-order valence-corrected chi connectivity index (χ1v) is 7.14. The largest absolute Gasteiger partial charge is 0.463 e. The molecule has 0 aliphatic rings. The number of ether oxygens (including phenoxy) is 1. The fraction of sp³-hybridized carbons (Fsp3) is 0.688. The van der Waals surface area contributed by atoms with E-state index in [2.05, 4.69) is 31.2 Å². The van der Waals surface area contributed by atoms with Crippen molar-refractivity contribution in [3.8, 4) is 0 Å². The van der Waals surface area contributed by atoms with Gasteiger partial charge in [-0.15, -0.1) is 0 Å². The Bertz CT molecular complexity index is 254. The van der Waals surface area contributed by atoms with Crippen molar-refractivity contribution in [1.29, 1.82) is 0 Å². The van der Waals surface area contributed by atoms with Crippen LogP contribution in [0.2, 0.25) is 0 Å². The van der Waals surface area contributed by atoms with Crippen LogP contribution in [0.25, 0.3) is 0 Å². The molecule has 0 spiro atoms. The summed E-state index contributed by atoms with van der Waals surface area (Å²) in [5, 5.41) is 0. The van der Waals surface area contributed by atoms with E-state index in [4.69, 9.17) is 4.74 Å². The Morgan fingerprint density at radius 3 is 2.50 bits per heavy atom. The Balaban J connectivity index is 3.73. The summed E-state index contributed by atoms with van der Waals surface area (Å²) in [6.07, 6.45) is 16.2. The molecule has 0 aromatic carbocycles.